The van der Waals surface area contributed by atoms with Crippen molar-refractivity contribution in [3.8, 4) is 0 Å². The van der Waals surface area contributed by atoms with Gasteiger partial charge in [0.1, 0.15) is 6.04 Å². The van der Waals surface area contributed by atoms with Crippen molar-refractivity contribution in [1.29, 1.82) is 0 Å². The van der Waals surface area contributed by atoms with Gasteiger partial charge >= 0.3 is 5.97 Å². The van der Waals surface area contributed by atoms with Gasteiger partial charge < -0.3 is 15.1 Å². The van der Waals surface area contributed by atoms with Crippen LogP contribution in [0.5, 0.6) is 0 Å². The fourth-order valence-corrected chi connectivity index (χ4v) is 1.99. The van der Waals surface area contributed by atoms with Crippen LogP contribution in [0.25, 0.3) is 0 Å². The van der Waals surface area contributed by atoms with Crippen LogP contribution in [0.4, 0.5) is 0 Å². The maximum Gasteiger partial charge on any atom is 0.326 e. The summed E-state index contributed by atoms with van der Waals surface area (Å²) in [4.78, 5) is 24.2. The highest BCUT2D eigenvalue weighted by molar-refractivity contribution is 5.97. The lowest BCUT2D eigenvalue weighted by Crippen LogP contribution is -2.40. The quantitative estimate of drug-likeness (QED) is 0.637. The molecule has 17 heavy (non-hydrogen) atoms. The van der Waals surface area contributed by atoms with Gasteiger partial charge in [0, 0.05) is 18.7 Å². The summed E-state index contributed by atoms with van der Waals surface area (Å²) in [6, 6.07) is -0.966. The van der Waals surface area contributed by atoms with Crippen molar-refractivity contribution in [1.82, 2.24) is 15.1 Å². The van der Waals surface area contributed by atoms with Crippen molar-refractivity contribution in [2.75, 3.05) is 6.54 Å². The van der Waals surface area contributed by atoms with Crippen molar-refractivity contribution in [3.63, 3.8) is 0 Å². The Bertz CT molecular complexity index is 456. The number of nitrogens with zero attached hydrogens (tertiary/aromatic N) is 2. The molecule has 0 bridgehead atoms. The van der Waals surface area contributed by atoms with Gasteiger partial charge in [0.15, 0.2) is 0 Å². The van der Waals surface area contributed by atoms with E-state index >= 15 is 0 Å². The lowest BCUT2D eigenvalue weighted by Gasteiger charge is -2.20. The zero-order valence-corrected chi connectivity index (χ0v) is 9.25. The molecule has 7 nitrogen and oxygen atoms in total. The van der Waals surface area contributed by atoms with Gasteiger partial charge in [0.25, 0.3) is 5.91 Å². The number of aliphatic carboxylic acids is 1. The fraction of sp³-hybridized carbons (Fsp3) is 0.500. The van der Waals surface area contributed by atoms with Gasteiger partial charge in [-0.2, -0.15) is 5.10 Å². The van der Waals surface area contributed by atoms with Crippen molar-refractivity contribution in [2.45, 2.75) is 25.5 Å². The first-order valence-corrected chi connectivity index (χ1v) is 5.22. The smallest absolute Gasteiger partial charge is 0.326 e. The Hall–Kier alpha value is -1.89. The van der Waals surface area contributed by atoms with E-state index in [0.717, 1.165) is 0 Å². The number of aliphatic hydroxyl groups is 1. The molecule has 1 amide bonds. The second-order valence-electron chi connectivity index (χ2n) is 4.11. The Morgan fingerprint density at radius 2 is 2.29 bits per heavy atom. The summed E-state index contributed by atoms with van der Waals surface area (Å²) < 4.78 is 0. The number of amides is 1. The lowest BCUT2D eigenvalue weighted by atomic mass is 10.2. The van der Waals surface area contributed by atoms with E-state index in [1.165, 1.54) is 11.1 Å². The number of nitrogens with one attached hydrogen (secondary N) is 1. The highest BCUT2D eigenvalue weighted by atomic mass is 16.4. The molecule has 1 aromatic heterocycles. The highest BCUT2D eigenvalue weighted by Crippen LogP contribution is 2.21. The summed E-state index contributed by atoms with van der Waals surface area (Å²) in [6.45, 7) is 1.73. The predicted octanol–water partition coefficient (Wildman–Crippen LogP) is -0.622. The molecule has 0 saturated carbocycles. The summed E-state index contributed by atoms with van der Waals surface area (Å²) >= 11 is 0. The third-order valence-corrected chi connectivity index (χ3v) is 2.89. The van der Waals surface area contributed by atoms with E-state index in [-0.39, 0.29) is 13.0 Å². The molecule has 3 N–H and O–H groups in total. The first-order valence-electron chi connectivity index (χ1n) is 5.22. The van der Waals surface area contributed by atoms with Gasteiger partial charge in [0.05, 0.1) is 17.9 Å². The summed E-state index contributed by atoms with van der Waals surface area (Å²) in [5.41, 5.74) is 0.922. The second kappa shape index (κ2) is 4.17. The average molecular weight is 239 g/mol. The Balaban J connectivity index is 2.25. The van der Waals surface area contributed by atoms with E-state index in [0.29, 0.717) is 11.3 Å². The number of carbonyl (C=O) groups excluding carboxylic acids is 1. The summed E-state index contributed by atoms with van der Waals surface area (Å²) in [5, 5.41) is 24.8. The minimum atomic E-state index is -1.10. The molecule has 1 fully saturated rings. The Morgan fingerprint density at radius 3 is 2.82 bits per heavy atom. The number of H-pyrrole nitrogens is 1. The van der Waals surface area contributed by atoms with E-state index in [2.05, 4.69) is 10.2 Å². The molecular formula is C10H13N3O4. The number of β-amino-alcohol motifs (C(OH)–C–C–N with tert-alkyl or cyclic N) is 1. The zero-order chi connectivity index (χ0) is 12.6. The number of likely N-dealkylation sites (tertiary alicyclic amines) is 1. The van der Waals surface area contributed by atoms with Crippen LogP contribution in [0.2, 0.25) is 0 Å². The molecule has 2 atom stereocenters. The molecule has 92 valence electrons. The van der Waals surface area contributed by atoms with Crippen LogP contribution in [-0.2, 0) is 4.79 Å². The topological polar surface area (TPSA) is 107 Å². The molecule has 0 unspecified atom stereocenters. The maximum absolute atomic E-state index is 12.1. The minimum absolute atomic E-state index is 0.0421. The fourth-order valence-electron chi connectivity index (χ4n) is 1.99. The Morgan fingerprint density at radius 1 is 1.59 bits per heavy atom. The van der Waals surface area contributed by atoms with E-state index < -0.39 is 24.0 Å². The molecule has 0 spiro atoms. The van der Waals surface area contributed by atoms with Crippen LogP contribution < -0.4 is 0 Å². The van der Waals surface area contributed by atoms with Crippen molar-refractivity contribution in [3.05, 3.63) is 17.5 Å². The molecule has 1 aliphatic heterocycles. The number of carboxylic acids is 1. The van der Waals surface area contributed by atoms with Crippen LogP contribution in [0.3, 0.4) is 0 Å². The van der Waals surface area contributed by atoms with Crippen LogP contribution in [0.15, 0.2) is 6.20 Å². The number of aromatic nitrogens is 2. The van der Waals surface area contributed by atoms with Gasteiger partial charge in [0.2, 0.25) is 0 Å². The number of aliphatic hydroxyl groups excluding tert-OH is 1. The summed E-state index contributed by atoms with van der Waals surface area (Å²) in [5.74, 6) is -1.52. The molecule has 2 rings (SSSR count). The predicted molar refractivity (Wildman–Crippen MR) is 56.4 cm³/mol. The largest absolute Gasteiger partial charge is 0.480 e. The van der Waals surface area contributed by atoms with Gasteiger partial charge in [-0.05, 0) is 6.92 Å². The average Bonchev–Trinajstić information content (AvgIpc) is 2.83. The molecule has 1 aliphatic rings. The van der Waals surface area contributed by atoms with Crippen LogP contribution in [-0.4, -0.2) is 55.9 Å². The molecule has 1 aromatic rings. The molecular weight excluding hydrogens is 226 g/mol. The SMILES string of the molecule is Cc1[nH]ncc1C(=O)N1C[C@@H](O)C[C@H]1C(=O)O. The second-order valence-corrected chi connectivity index (χ2v) is 4.11. The zero-order valence-electron chi connectivity index (χ0n) is 9.25. The third-order valence-electron chi connectivity index (χ3n) is 2.89. The number of carbonyl (C=O) groups is 2. The number of hydrogen-bond donors (Lipinski definition) is 3. The Kier molecular flexibility index (Phi) is 2.84. The monoisotopic (exact) mass is 239 g/mol. The molecule has 1 saturated heterocycles. The maximum atomic E-state index is 12.1. The van der Waals surface area contributed by atoms with Crippen molar-refractivity contribution >= 4 is 11.9 Å². The van der Waals surface area contributed by atoms with Crippen molar-refractivity contribution in [2.24, 2.45) is 0 Å². The highest BCUT2D eigenvalue weighted by Gasteiger charge is 2.39. The first-order chi connectivity index (χ1) is 8.00. The molecule has 0 aliphatic carbocycles. The third kappa shape index (κ3) is 2.01. The lowest BCUT2D eigenvalue weighted by molar-refractivity contribution is -0.141. The summed E-state index contributed by atoms with van der Waals surface area (Å²) in [7, 11) is 0. The number of rotatable bonds is 2. The van der Waals surface area contributed by atoms with E-state index in [1.54, 1.807) is 6.92 Å². The number of aryl methyl sites for hydroxylation is 1. The standard InChI is InChI=1S/C10H13N3O4/c1-5-7(3-11-12-5)9(15)13-4-6(14)2-8(13)10(16)17/h3,6,8,14H,2,4H2,1H3,(H,11,12)(H,16,17)/t6-,8-/m0/s1. The van der Waals surface area contributed by atoms with Crippen LogP contribution in [0, 0.1) is 6.92 Å². The van der Waals surface area contributed by atoms with Crippen molar-refractivity contribution < 1.29 is 19.8 Å². The van der Waals surface area contributed by atoms with Gasteiger partial charge in [-0.15, -0.1) is 0 Å². The normalized spacial score (nSPS) is 24.0. The van der Waals surface area contributed by atoms with E-state index in [4.69, 9.17) is 5.11 Å². The van der Waals surface area contributed by atoms with E-state index in [1.807, 2.05) is 0 Å². The number of hydrogen-bond acceptors (Lipinski definition) is 4. The van der Waals surface area contributed by atoms with E-state index in [9.17, 15) is 14.7 Å². The molecule has 0 radical (unpaired) electrons. The molecule has 2 heterocycles. The van der Waals surface area contributed by atoms with Gasteiger partial charge in [-0.3, -0.25) is 9.89 Å². The summed E-state index contributed by atoms with van der Waals surface area (Å²) in [6.07, 6.45) is 0.645. The Labute approximate surface area is 97.0 Å². The first kappa shape index (κ1) is 11.6. The molecule has 0 aromatic carbocycles. The van der Waals surface area contributed by atoms with Crippen LogP contribution >= 0.6 is 0 Å². The van der Waals surface area contributed by atoms with Gasteiger partial charge in [-0.25, -0.2) is 4.79 Å². The minimum Gasteiger partial charge on any atom is -0.480 e. The number of carboxylic acid groups (broad SMARTS) is 1. The van der Waals surface area contributed by atoms with Crippen LogP contribution in [0.1, 0.15) is 22.5 Å². The number of aromatic amines is 1. The van der Waals surface area contributed by atoms with Gasteiger partial charge in [-0.1, -0.05) is 0 Å². The molecule has 7 heteroatoms.